The minimum absolute atomic E-state index is 0.199. The number of likely N-dealkylation sites (tertiary alicyclic amines) is 1. The molecule has 1 saturated heterocycles. The van der Waals surface area contributed by atoms with Crippen LogP contribution in [0.2, 0.25) is 0 Å². The normalized spacial score (nSPS) is 17.0. The van der Waals surface area contributed by atoms with Gasteiger partial charge in [-0.05, 0) is 37.5 Å². The van der Waals surface area contributed by atoms with E-state index >= 15 is 0 Å². The lowest BCUT2D eigenvalue weighted by Gasteiger charge is -2.32. The largest absolute Gasteiger partial charge is 0.350 e. The number of rotatable bonds is 6. The standard InChI is InChI=1S/C23H28N4O3/c1-17(21(28)24-15-18-9-4-2-5-10-18)25-22(29)19-11-8-14-27(16-19)23(30)26-20-12-6-3-7-13-20/h2-7,9-10,12-13,17,19H,8,11,14-16H2,1H3,(H,24,28)(H,25,29)(H,26,30). The van der Waals surface area contributed by atoms with Crippen molar-refractivity contribution in [2.45, 2.75) is 32.4 Å². The minimum Gasteiger partial charge on any atom is -0.350 e. The SMILES string of the molecule is CC(NC(=O)C1CCCN(C(=O)Nc2ccccc2)C1)C(=O)NCc1ccccc1. The summed E-state index contributed by atoms with van der Waals surface area (Å²) in [6, 6.07) is 18.0. The molecule has 7 heteroatoms. The van der Waals surface area contributed by atoms with Gasteiger partial charge in [0.1, 0.15) is 6.04 Å². The molecule has 1 aliphatic heterocycles. The monoisotopic (exact) mass is 408 g/mol. The second kappa shape index (κ2) is 10.4. The van der Waals surface area contributed by atoms with Gasteiger partial charge in [-0.1, -0.05) is 48.5 Å². The maximum Gasteiger partial charge on any atom is 0.321 e. The molecule has 0 radical (unpaired) electrons. The van der Waals surface area contributed by atoms with Crippen LogP contribution in [0.1, 0.15) is 25.3 Å². The molecule has 0 saturated carbocycles. The van der Waals surface area contributed by atoms with Crippen molar-refractivity contribution in [1.82, 2.24) is 15.5 Å². The predicted molar refractivity (Wildman–Crippen MR) is 116 cm³/mol. The number of hydrogen-bond donors (Lipinski definition) is 3. The van der Waals surface area contributed by atoms with Crippen LogP contribution in [-0.2, 0) is 16.1 Å². The fourth-order valence-corrected chi connectivity index (χ4v) is 3.43. The number of benzene rings is 2. The molecule has 0 aromatic heterocycles. The third kappa shape index (κ3) is 6.07. The molecule has 2 aromatic carbocycles. The van der Waals surface area contributed by atoms with Crippen LogP contribution in [0.5, 0.6) is 0 Å². The van der Waals surface area contributed by atoms with E-state index in [1.165, 1.54) is 0 Å². The second-order valence-corrected chi connectivity index (χ2v) is 7.52. The number of nitrogens with one attached hydrogen (secondary N) is 3. The molecule has 0 spiro atoms. The Hall–Kier alpha value is -3.35. The van der Waals surface area contributed by atoms with Gasteiger partial charge in [0.05, 0.1) is 5.92 Å². The Bertz CT molecular complexity index is 857. The third-order valence-corrected chi connectivity index (χ3v) is 5.17. The molecule has 0 bridgehead atoms. The molecule has 0 aliphatic carbocycles. The quantitative estimate of drug-likeness (QED) is 0.686. The smallest absolute Gasteiger partial charge is 0.321 e. The van der Waals surface area contributed by atoms with E-state index in [9.17, 15) is 14.4 Å². The zero-order valence-electron chi connectivity index (χ0n) is 17.1. The van der Waals surface area contributed by atoms with E-state index in [1.807, 2.05) is 60.7 Å². The Morgan fingerprint density at radius 1 is 1.03 bits per heavy atom. The van der Waals surface area contributed by atoms with Crippen LogP contribution in [0.25, 0.3) is 0 Å². The van der Waals surface area contributed by atoms with Crippen molar-refractivity contribution in [3.63, 3.8) is 0 Å². The summed E-state index contributed by atoms with van der Waals surface area (Å²) in [6.45, 7) is 3.02. The zero-order valence-corrected chi connectivity index (χ0v) is 17.1. The highest BCUT2D eigenvalue weighted by Gasteiger charge is 2.30. The minimum atomic E-state index is -0.644. The summed E-state index contributed by atoms with van der Waals surface area (Å²) in [5, 5.41) is 8.47. The Labute approximate surface area is 176 Å². The lowest BCUT2D eigenvalue weighted by Crippen LogP contribution is -2.51. The summed E-state index contributed by atoms with van der Waals surface area (Å²) in [5.74, 6) is -0.763. The maximum absolute atomic E-state index is 12.7. The highest BCUT2D eigenvalue weighted by atomic mass is 16.2. The molecule has 1 aliphatic rings. The number of anilines is 1. The van der Waals surface area contributed by atoms with Crippen molar-refractivity contribution in [2.24, 2.45) is 5.92 Å². The van der Waals surface area contributed by atoms with E-state index in [0.717, 1.165) is 17.7 Å². The fourth-order valence-electron chi connectivity index (χ4n) is 3.43. The number of piperidine rings is 1. The van der Waals surface area contributed by atoms with Gasteiger partial charge in [-0.15, -0.1) is 0 Å². The summed E-state index contributed by atoms with van der Waals surface area (Å²) >= 11 is 0. The second-order valence-electron chi connectivity index (χ2n) is 7.52. The van der Waals surface area contributed by atoms with Crippen molar-refractivity contribution < 1.29 is 14.4 Å². The highest BCUT2D eigenvalue weighted by Crippen LogP contribution is 2.18. The van der Waals surface area contributed by atoms with Crippen LogP contribution in [0.4, 0.5) is 10.5 Å². The van der Waals surface area contributed by atoms with E-state index in [-0.39, 0.29) is 23.8 Å². The molecule has 1 heterocycles. The Balaban J connectivity index is 1.47. The Kier molecular flexibility index (Phi) is 7.43. The molecule has 2 aromatic rings. The van der Waals surface area contributed by atoms with Gasteiger partial charge in [0.25, 0.3) is 0 Å². The molecule has 3 rings (SSSR count). The van der Waals surface area contributed by atoms with Crippen molar-refractivity contribution in [3.05, 3.63) is 66.2 Å². The molecule has 2 atom stereocenters. The van der Waals surface area contributed by atoms with Crippen LogP contribution < -0.4 is 16.0 Å². The van der Waals surface area contributed by atoms with Gasteiger partial charge >= 0.3 is 6.03 Å². The molecule has 30 heavy (non-hydrogen) atoms. The summed E-state index contributed by atoms with van der Waals surface area (Å²) in [4.78, 5) is 39.1. The Morgan fingerprint density at radius 3 is 2.40 bits per heavy atom. The molecule has 4 amide bonds. The first-order valence-corrected chi connectivity index (χ1v) is 10.3. The summed E-state index contributed by atoms with van der Waals surface area (Å²) in [6.07, 6.45) is 1.44. The van der Waals surface area contributed by atoms with E-state index < -0.39 is 6.04 Å². The molecular weight excluding hydrogens is 380 g/mol. The van der Waals surface area contributed by atoms with Crippen molar-refractivity contribution in [1.29, 1.82) is 0 Å². The predicted octanol–water partition coefficient (Wildman–Crippen LogP) is 2.75. The number of carbonyl (C=O) groups excluding carboxylic acids is 3. The zero-order chi connectivity index (χ0) is 21.3. The van der Waals surface area contributed by atoms with Gasteiger partial charge in [0, 0.05) is 25.3 Å². The van der Waals surface area contributed by atoms with Gasteiger partial charge in [-0.3, -0.25) is 9.59 Å². The van der Waals surface area contributed by atoms with Gasteiger partial charge in [0.2, 0.25) is 11.8 Å². The molecule has 2 unspecified atom stereocenters. The average molecular weight is 409 g/mol. The number of amides is 4. The van der Waals surface area contributed by atoms with E-state index in [2.05, 4.69) is 16.0 Å². The maximum atomic E-state index is 12.7. The van der Waals surface area contributed by atoms with E-state index in [4.69, 9.17) is 0 Å². The highest BCUT2D eigenvalue weighted by molar-refractivity contribution is 5.91. The lowest BCUT2D eigenvalue weighted by molar-refractivity contribution is -0.131. The summed E-state index contributed by atoms with van der Waals surface area (Å²) < 4.78 is 0. The van der Waals surface area contributed by atoms with Gasteiger partial charge in [0.15, 0.2) is 0 Å². The topological polar surface area (TPSA) is 90.5 Å². The first-order valence-electron chi connectivity index (χ1n) is 10.3. The first-order chi connectivity index (χ1) is 14.5. The number of hydrogen-bond acceptors (Lipinski definition) is 3. The molecule has 1 fully saturated rings. The number of urea groups is 1. The van der Waals surface area contributed by atoms with Crippen LogP contribution in [0.3, 0.4) is 0 Å². The van der Waals surface area contributed by atoms with Crippen molar-refractivity contribution in [2.75, 3.05) is 18.4 Å². The van der Waals surface area contributed by atoms with Crippen LogP contribution >= 0.6 is 0 Å². The lowest BCUT2D eigenvalue weighted by atomic mass is 9.97. The number of nitrogens with zero attached hydrogens (tertiary/aromatic N) is 1. The summed E-state index contributed by atoms with van der Waals surface area (Å²) in [5.41, 5.74) is 1.72. The van der Waals surface area contributed by atoms with E-state index in [0.29, 0.717) is 26.1 Å². The summed E-state index contributed by atoms with van der Waals surface area (Å²) in [7, 11) is 0. The average Bonchev–Trinajstić information content (AvgIpc) is 2.78. The molecular formula is C23H28N4O3. The molecule has 7 nitrogen and oxygen atoms in total. The van der Waals surface area contributed by atoms with Crippen molar-refractivity contribution >= 4 is 23.5 Å². The van der Waals surface area contributed by atoms with Crippen molar-refractivity contribution in [3.8, 4) is 0 Å². The van der Waals surface area contributed by atoms with Gasteiger partial charge in [-0.2, -0.15) is 0 Å². The third-order valence-electron chi connectivity index (χ3n) is 5.17. The number of carbonyl (C=O) groups is 3. The van der Waals surface area contributed by atoms with Crippen LogP contribution in [0.15, 0.2) is 60.7 Å². The van der Waals surface area contributed by atoms with Gasteiger partial charge < -0.3 is 20.9 Å². The van der Waals surface area contributed by atoms with E-state index in [1.54, 1.807) is 11.8 Å². The van der Waals surface area contributed by atoms with Gasteiger partial charge in [-0.25, -0.2) is 4.79 Å². The molecule has 158 valence electrons. The first kappa shape index (κ1) is 21.4. The fraction of sp³-hybridized carbons (Fsp3) is 0.348. The molecule has 3 N–H and O–H groups in total. The van der Waals surface area contributed by atoms with Crippen LogP contribution in [-0.4, -0.2) is 41.9 Å². The van der Waals surface area contributed by atoms with Crippen LogP contribution in [0, 0.1) is 5.92 Å². The Morgan fingerprint density at radius 2 is 1.70 bits per heavy atom. The number of para-hydroxylation sites is 1.